The second kappa shape index (κ2) is 10.6. The average Bonchev–Trinajstić information content (AvgIpc) is 3.18. The number of methoxy groups -OCH3 is 1. The second-order valence-electron chi connectivity index (χ2n) is 7.23. The lowest BCUT2D eigenvalue weighted by atomic mass is 10.1. The number of aromatic nitrogens is 2. The van der Waals surface area contributed by atoms with E-state index in [9.17, 15) is 4.79 Å². The Morgan fingerprint density at radius 3 is 2.42 bits per heavy atom. The van der Waals surface area contributed by atoms with Crippen LogP contribution in [0.4, 0.5) is 5.82 Å². The molecule has 168 valence electrons. The zero-order chi connectivity index (χ0) is 23.2. The van der Waals surface area contributed by atoms with E-state index >= 15 is 0 Å². The normalized spacial score (nSPS) is 10.6. The molecule has 33 heavy (non-hydrogen) atoms. The van der Waals surface area contributed by atoms with Crippen molar-refractivity contribution in [1.29, 1.82) is 0 Å². The third-order valence-corrected chi connectivity index (χ3v) is 5.87. The molecule has 0 saturated heterocycles. The van der Waals surface area contributed by atoms with Gasteiger partial charge in [0, 0.05) is 16.8 Å². The molecule has 0 unspecified atom stereocenters. The van der Waals surface area contributed by atoms with Crippen molar-refractivity contribution in [2.75, 3.05) is 12.4 Å². The first-order valence-corrected chi connectivity index (χ1v) is 11.3. The number of carbonyl (C=O) groups is 1. The van der Waals surface area contributed by atoms with Crippen molar-refractivity contribution in [3.05, 3.63) is 105 Å². The molecule has 1 amide bonds. The van der Waals surface area contributed by atoms with Gasteiger partial charge in [-0.25, -0.2) is 0 Å². The molecule has 0 aliphatic heterocycles. The van der Waals surface area contributed by atoms with Gasteiger partial charge < -0.3 is 14.8 Å². The van der Waals surface area contributed by atoms with Crippen LogP contribution in [0.5, 0.6) is 11.5 Å². The first-order chi connectivity index (χ1) is 16.0. The number of carbonyl (C=O) groups excluding carboxylic acids is 1. The molecule has 1 aromatic heterocycles. The zero-order valence-electron chi connectivity index (χ0n) is 17.8. The molecule has 1 N–H and O–H groups in total. The molecule has 0 bridgehead atoms. The number of halogens is 2. The lowest BCUT2D eigenvalue weighted by Gasteiger charge is -2.08. The van der Waals surface area contributed by atoms with E-state index in [0.29, 0.717) is 34.0 Å². The number of nitrogens with zero attached hydrogens (tertiary/aromatic N) is 2. The number of benzene rings is 3. The monoisotopic (exact) mass is 525 g/mol. The number of rotatable bonds is 8. The maximum atomic E-state index is 12.7. The minimum absolute atomic E-state index is 0.249. The number of anilines is 1. The zero-order valence-corrected chi connectivity index (χ0v) is 20.1. The molecule has 4 aromatic rings. The van der Waals surface area contributed by atoms with Crippen molar-refractivity contribution >= 4 is 39.3 Å². The fourth-order valence-corrected chi connectivity index (χ4v) is 3.74. The maximum absolute atomic E-state index is 12.7. The van der Waals surface area contributed by atoms with E-state index in [1.807, 2.05) is 60.7 Å². The van der Waals surface area contributed by atoms with Crippen molar-refractivity contribution in [2.24, 2.45) is 0 Å². The number of hydrogen-bond donors (Lipinski definition) is 1. The Bertz CT molecular complexity index is 1240. The molecular formula is C25H21BrClN3O3. The Kier molecular flexibility index (Phi) is 7.32. The maximum Gasteiger partial charge on any atom is 0.256 e. The van der Waals surface area contributed by atoms with E-state index in [2.05, 4.69) is 26.3 Å². The summed E-state index contributed by atoms with van der Waals surface area (Å²) in [7, 11) is 1.62. The van der Waals surface area contributed by atoms with E-state index in [-0.39, 0.29) is 5.91 Å². The second-order valence-corrected chi connectivity index (χ2v) is 8.49. The Labute approximate surface area is 205 Å². The van der Waals surface area contributed by atoms with Crippen LogP contribution in [-0.4, -0.2) is 22.8 Å². The van der Waals surface area contributed by atoms with Crippen LogP contribution in [0.15, 0.2) is 83.5 Å². The fourth-order valence-electron chi connectivity index (χ4n) is 3.13. The topological polar surface area (TPSA) is 65.4 Å². The van der Waals surface area contributed by atoms with Crippen LogP contribution in [-0.2, 0) is 13.2 Å². The summed E-state index contributed by atoms with van der Waals surface area (Å²) < 4.78 is 13.3. The van der Waals surface area contributed by atoms with Gasteiger partial charge in [-0.05, 0) is 69.5 Å². The molecule has 0 saturated carbocycles. The van der Waals surface area contributed by atoms with Gasteiger partial charge in [0.1, 0.15) is 18.1 Å². The van der Waals surface area contributed by atoms with Crippen LogP contribution in [0.3, 0.4) is 0 Å². The molecule has 0 aliphatic rings. The molecule has 4 rings (SSSR count). The van der Waals surface area contributed by atoms with Gasteiger partial charge in [0.25, 0.3) is 5.91 Å². The number of hydrogen-bond acceptors (Lipinski definition) is 4. The van der Waals surface area contributed by atoms with E-state index in [1.54, 1.807) is 30.1 Å². The molecule has 1 heterocycles. The highest BCUT2D eigenvalue weighted by molar-refractivity contribution is 9.10. The summed E-state index contributed by atoms with van der Waals surface area (Å²) in [5.74, 6) is 1.72. The molecule has 0 spiro atoms. The first kappa shape index (κ1) is 22.9. The standard InChI is InChI=1S/C25H21BrClN3O3/c1-32-20-10-12-21(13-11-20)33-16-17-6-8-18(9-7-17)25(31)28-24-22(26)15-30(29-24)14-19-4-2-3-5-23(19)27/h2-13,15H,14,16H2,1H3,(H,28,29,31). The van der Waals surface area contributed by atoms with Crippen molar-refractivity contribution in [3.63, 3.8) is 0 Å². The van der Waals surface area contributed by atoms with Crippen LogP contribution in [0, 0.1) is 0 Å². The number of amides is 1. The Hall–Kier alpha value is -3.29. The Balaban J connectivity index is 1.35. The largest absolute Gasteiger partial charge is 0.497 e. The minimum Gasteiger partial charge on any atom is -0.497 e. The summed E-state index contributed by atoms with van der Waals surface area (Å²) in [6.45, 7) is 0.892. The summed E-state index contributed by atoms with van der Waals surface area (Å²) in [6.07, 6.45) is 1.80. The molecule has 3 aromatic carbocycles. The van der Waals surface area contributed by atoms with Crippen molar-refractivity contribution < 1.29 is 14.3 Å². The SMILES string of the molecule is COc1ccc(OCc2ccc(C(=O)Nc3nn(Cc4ccccc4Cl)cc3Br)cc2)cc1. The molecule has 0 atom stereocenters. The summed E-state index contributed by atoms with van der Waals surface area (Å²) in [5.41, 5.74) is 2.42. The summed E-state index contributed by atoms with van der Waals surface area (Å²) in [6, 6.07) is 22.2. The predicted octanol–water partition coefficient (Wildman–Crippen LogP) is 6.19. The van der Waals surface area contributed by atoms with Crippen LogP contribution in [0.2, 0.25) is 5.02 Å². The quantitative estimate of drug-likeness (QED) is 0.297. The smallest absolute Gasteiger partial charge is 0.256 e. The van der Waals surface area contributed by atoms with Crippen molar-refractivity contribution in [3.8, 4) is 11.5 Å². The molecule has 6 nitrogen and oxygen atoms in total. The minimum atomic E-state index is -0.249. The number of nitrogens with one attached hydrogen (secondary N) is 1. The number of ether oxygens (including phenoxy) is 2. The van der Waals surface area contributed by atoms with E-state index in [1.165, 1.54) is 0 Å². The molecule has 8 heteroatoms. The third-order valence-electron chi connectivity index (χ3n) is 4.92. The highest BCUT2D eigenvalue weighted by atomic mass is 79.9. The van der Waals surface area contributed by atoms with Gasteiger partial charge in [0.05, 0.1) is 18.1 Å². The predicted molar refractivity (Wildman–Crippen MR) is 132 cm³/mol. The summed E-state index contributed by atoms with van der Waals surface area (Å²) in [4.78, 5) is 12.7. The molecule has 0 aliphatic carbocycles. The van der Waals surface area contributed by atoms with Gasteiger partial charge >= 0.3 is 0 Å². The molecule has 0 fully saturated rings. The van der Waals surface area contributed by atoms with Crippen LogP contribution in [0.1, 0.15) is 21.5 Å². The van der Waals surface area contributed by atoms with Crippen LogP contribution in [0.25, 0.3) is 0 Å². The van der Waals surface area contributed by atoms with Gasteiger partial charge in [0.15, 0.2) is 5.82 Å². The summed E-state index contributed by atoms with van der Waals surface area (Å²) in [5, 5.41) is 7.97. The van der Waals surface area contributed by atoms with Crippen LogP contribution >= 0.6 is 27.5 Å². The Morgan fingerprint density at radius 2 is 1.73 bits per heavy atom. The van der Waals surface area contributed by atoms with Crippen LogP contribution < -0.4 is 14.8 Å². The molecular weight excluding hydrogens is 506 g/mol. The first-order valence-electron chi connectivity index (χ1n) is 10.2. The highest BCUT2D eigenvalue weighted by Gasteiger charge is 2.13. The average molecular weight is 527 g/mol. The van der Waals surface area contributed by atoms with E-state index < -0.39 is 0 Å². The van der Waals surface area contributed by atoms with Gasteiger partial charge in [0.2, 0.25) is 0 Å². The fraction of sp³-hybridized carbons (Fsp3) is 0.120. The van der Waals surface area contributed by atoms with E-state index in [4.69, 9.17) is 21.1 Å². The van der Waals surface area contributed by atoms with Gasteiger partial charge in [-0.3, -0.25) is 9.48 Å². The van der Waals surface area contributed by atoms with Gasteiger partial charge in [-0.1, -0.05) is 41.9 Å². The lowest BCUT2D eigenvalue weighted by Crippen LogP contribution is -2.13. The van der Waals surface area contributed by atoms with Gasteiger partial charge in [-0.2, -0.15) is 5.10 Å². The van der Waals surface area contributed by atoms with E-state index in [0.717, 1.165) is 22.6 Å². The Morgan fingerprint density at radius 1 is 1.03 bits per heavy atom. The van der Waals surface area contributed by atoms with Gasteiger partial charge in [-0.15, -0.1) is 0 Å². The van der Waals surface area contributed by atoms with Crippen molar-refractivity contribution in [1.82, 2.24) is 9.78 Å². The highest BCUT2D eigenvalue weighted by Crippen LogP contribution is 2.23. The van der Waals surface area contributed by atoms with Crippen molar-refractivity contribution in [2.45, 2.75) is 13.2 Å². The lowest BCUT2D eigenvalue weighted by molar-refractivity contribution is 0.102. The molecule has 0 radical (unpaired) electrons. The third kappa shape index (κ3) is 5.94. The summed E-state index contributed by atoms with van der Waals surface area (Å²) >= 11 is 9.69.